The average Bonchev–Trinajstić information content (AvgIpc) is 2.49. The molecule has 0 saturated heterocycles. The molecular weight excluding hydrogens is 328 g/mol. The molecule has 3 unspecified atom stereocenters. The standard InChI is InChI=1S/C17H23BrN2O/c1-11-8-15(18)10-19-16(11)20-17(21)14-7-6-12-4-2-3-5-13(12)9-14/h8,10,12-14H,2-7,9H2,1H3,(H,19,20,21). The summed E-state index contributed by atoms with van der Waals surface area (Å²) >= 11 is 3.40. The highest BCUT2D eigenvalue weighted by Crippen LogP contribution is 2.42. The lowest BCUT2D eigenvalue weighted by atomic mass is 9.67. The fourth-order valence-electron chi connectivity index (χ4n) is 4.00. The summed E-state index contributed by atoms with van der Waals surface area (Å²) < 4.78 is 0.945. The minimum atomic E-state index is 0.164. The lowest BCUT2D eigenvalue weighted by Gasteiger charge is -2.38. The van der Waals surface area contributed by atoms with E-state index >= 15 is 0 Å². The number of hydrogen-bond donors (Lipinski definition) is 1. The minimum Gasteiger partial charge on any atom is -0.310 e. The molecule has 3 nitrogen and oxygen atoms in total. The van der Waals surface area contributed by atoms with E-state index in [0.717, 1.165) is 34.7 Å². The summed E-state index contributed by atoms with van der Waals surface area (Å²) in [4.78, 5) is 16.8. The van der Waals surface area contributed by atoms with Gasteiger partial charge in [0.05, 0.1) is 0 Å². The Morgan fingerprint density at radius 2 is 2.00 bits per heavy atom. The summed E-state index contributed by atoms with van der Waals surface area (Å²) in [7, 11) is 0. The summed E-state index contributed by atoms with van der Waals surface area (Å²) in [6.07, 6.45) is 10.5. The third-order valence-corrected chi connectivity index (χ3v) is 5.63. The zero-order valence-electron chi connectivity index (χ0n) is 12.6. The summed E-state index contributed by atoms with van der Waals surface area (Å²) in [5.74, 6) is 2.71. The molecule has 0 bridgehead atoms. The molecule has 1 amide bonds. The van der Waals surface area contributed by atoms with Crippen molar-refractivity contribution in [3.05, 3.63) is 22.3 Å². The molecule has 2 saturated carbocycles. The molecular formula is C17H23BrN2O. The lowest BCUT2D eigenvalue weighted by molar-refractivity contribution is -0.122. The number of carbonyl (C=O) groups is 1. The Labute approximate surface area is 135 Å². The van der Waals surface area contributed by atoms with Gasteiger partial charge >= 0.3 is 0 Å². The number of pyridine rings is 1. The fourth-order valence-corrected chi connectivity index (χ4v) is 4.45. The molecule has 2 aliphatic carbocycles. The van der Waals surface area contributed by atoms with Crippen LogP contribution in [0.15, 0.2) is 16.7 Å². The zero-order valence-corrected chi connectivity index (χ0v) is 14.2. The van der Waals surface area contributed by atoms with Crippen LogP contribution in [0, 0.1) is 24.7 Å². The van der Waals surface area contributed by atoms with Crippen molar-refractivity contribution in [1.82, 2.24) is 4.98 Å². The van der Waals surface area contributed by atoms with Crippen LogP contribution in [0.2, 0.25) is 0 Å². The summed E-state index contributed by atoms with van der Waals surface area (Å²) in [6.45, 7) is 1.98. The molecule has 3 rings (SSSR count). The maximum Gasteiger partial charge on any atom is 0.228 e. The number of amides is 1. The van der Waals surface area contributed by atoms with Crippen LogP contribution in [0.4, 0.5) is 5.82 Å². The first-order valence-electron chi connectivity index (χ1n) is 8.06. The van der Waals surface area contributed by atoms with Gasteiger partial charge in [-0.05, 0) is 65.6 Å². The van der Waals surface area contributed by atoms with Crippen LogP contribution < -0.4 is 5.32 Å². The highest BCUT2D eigenvalue weighted by molar-refractivity contribution is 9.10. The number of aromatic nitrogens is 1. The number of nitrogens with one attached hydrogen (secondary N) is 1. The molecule has 0 radical (unpaired) electrons. The van der Waals surface area contributed by atoms with Crippen molar-refractivity contribution < 1.29 is 4.79 Å². The lowest BCUT2D eigenvalue weighted by Crippen LogP contribution is -2.34. The molecule has 0 aliphatic heterocycles. The van der Waals surface area contributed by atoms with E-state index in [0.29, 0.717) is 5.82 Å². The smallest absolute Gasteiger partial charge is 0.228 e. The zero-order chi connectivity index (χ0) is 14.8. The third kappa shape index (κ3) is 3.47. The van der Waals surface area contributed by atoms with E-state index in [2.05, 4.69) is 26.2 Å². The van der Waals surface area contributed by atoms with Gasteiger partial charge in [0.1, 0.15) is 5.82 Å². The Hall–Kier alpha value is -0.900. The van der Waals surface area contributed by atoms with Crippen LogP contribution in [-0.4, -0.2) is 10.9 Å². The first kappa shape index (κ1) is 15.0. The highest BCUT2D eigenvalue weighted by Gasteiger charge is 2.35. The monoisotopic (exact) mass is 350 g/mol. The topological polar surface area (TPSA) is 42.0 Å². The normalized spacial score (nSPS) is 28.8. The molecule has 3 atom stereocenters. The number of nitrogens with zero attached hydrogens (tertiary/aromatic N) is 1. The third-order valence-electron chi connectivity index (χ3n) is 5.20. The second-order valence-electron chi connectivity index (χ2n) is 6.62. The number of rotatable bonds is 2. The van der Waals surface area contributed by atoms with Gasteiger partial charge in [-0.1, -0.05) is 25.7 Å². The van der Waals surface area contributed by atoms with Crippen LogP contribution >= 0.6 is 15.9 Å². The van der Waals surface area contributed by atoms with Gasteiger partial charge in [-0.15, -0.1) is 0 Å². The van der Waals surface area contributed by atoms with Crippen molar-refractivity contribution in [3.8, 4) is 0 Å². The van der Waals surface area contributed by atoms with Gasteiger partial charge in [0.15, 0.2) is 0 Å². The Kier molecular flexibility index (Phi) is 4.63. The van der Waals surface area contributed by atoms with Crippen molar-refractivity contribution in [2.45, 2.75) is 51.9 Å². The summed E-state index contributed by atoms with van der Waals surface area (Å²) in [6, 6.07) is 1.99. The van der Waals surface area contributed by atoms with Gasteiger partial charge in [-0.2, -0.15) is 0 Å². The maximum absolute atomic E-state index is 12.5. The Morgan fingerprint density at radius 3 is 2.76 bits per heavy atom. The summed E-state index contributed by atoms with van der Waals surface area (Å²) in [5, 5.41) is 3.03. The van der Waals surface area contributed by atoms with Crippen molar-refractivity contribution >= 4 is 27.7 Å². The number of halogens is 1. The molecule has 114 valence electrons. The molecule has 0 aromatic carbocycles. The van der Waals surface area contributed by atoms with Gasteiger partial charge < -0.3 is 5.32 Å². The molecule has 2 aliphatic rings. The van der Waals surface area contributed by atoms with Crippen LogP contribution in [0.25, 0.3) is 0 Å². The molecule has 4 heteroatoms. The average molecular weight is 351 g/mol. The first-order chi connectivity index (χ1) is 10.1. The van der Waals surface area contributed by atoms with Crippen molar-refractivity contribution in [1.29, 1.82) is 0 Å². The number of fused-ring (bicyclic) bond motifs is 1. The van der Waals surface area contributed by atoms with E-state index in [1.54, 1.807) is 6.20 Å². The van der Waals surface area contributed by atoms with Crippen LogP contribution in [0.3, 0.4) is 0 Å². The number of aryl methyl sites for hydroxylation is 1. The molecule has 2 fully saturated rings. The molecule has 1 aromatic rings. The van der Waals surface area contributed by atoms with Gasteiger partial charge in [0.2, 0.25) is 5.91 Å². The van der Waals surface area contributed by atoms with E-state index in [4.69, 9.17) is 0 Å². The number of hydrogen-bond acceptors (Lipinski definition) is 2. The maximum atomic E-state index is 12.5. The second-order valence-corrected chi connectivity index (χ2v) is 7.54. The van der Waals surface area contributed by atoms with Crippen molar-refractivity contribution in [3.63, 3.8) is 0 Å². The van der Waals surface area contributed by atoms with Gasteiger partial charge in [0.25, 0.3) is 0 Å². The quantitative estimate of drug-likeness (QED) is 0.839. The van der Waals surface area contributed by atoms with Crippen molar-refractivity contribution in [2.24, 2.45) is 17.8 Å². The van der Waals surface area contributed by atoms with E-state index in [-0.39, 0.29) is 11.8 Å². The number of carbonyl (C=O) groups excluding carboxylic acids is 1. The molecule has 1 heterocycles. The van der Waals surface area contributed by atoms with Gasteiger partial charge in [-0.25, -0.2) is 4.98 Å². The SMILES string of the molecule is Cc1cc(Br)cnc1NC(=O)C1CCC2CCCCC2C1. The molecule has 0 spiro atoms. The molecule has 1 N–H and O–H groups in total. The van der Waals surface area contributed by atoms with E-state index in [1.807, 2.05) is 13.0 Å². The second kappa shape index (κ2) is 6.47. The summed E-state index contributed by atoms with van der Waals surface area (Å²) in [5.41, 5.74) is 1.00. The highest BCUT2D eigenvalue weighted by atomic mass is 79.9. The van der Waals surface area contributed by atoms with Crippen LogP contribution in [0.5, 0.6) is 0 Å². The fraction of sp³-hybridized carbons (Fsp3) is 0.647. The Morgan fingerprint density at radius 1 is 1.24 bits per heavy atom. The Balaban J connectivity index is 1.63. The number of anilines is 1. The van der Waals surface area contributed by atoms with E-state index in [9.17, 15) is 4.79 Å². The van der Waals surface area contributed by atoms with Crippen molar-refractivity contribution in [2.75, 3.05) is 5.32 Å². The van der Waals surface area contributed by atoms with E-state index < -0.39 is 0 Å². The van der Waals surface area contributed by atoms with Crippen LogP contribution in [-0.2, 0) is 4.79 Å². The van der Waals surface area contributed by atoms with Crippen LogP contribution in [0.1, 0.15) is 50.5 Å². The predicted octanol–water partition coefficient (Wildman–Crippen LogP) is 4.70. The van der Waals surface area contributed by atoms with E-state index in [1.165, 1.54) is 32.1 Å². The first-order valence-corrected chi connectivity index (χ1v) is 8.86. The predicted molar refractivity (Wildman–Crippen MR) is 88.1 cm³/mol. The Bertz CT molecular complexity index is 532. The minimum absolute atomic E-state index is 0.164. The van der Waals surface area contributed by atoms with Gasteiger partial charge in [-0.3, -0.25) is 4.79 Å². The largest absolute Gasteiger partial charge is 0.310 e. The molecule has 21 heavy (non-hydrogen) atoms. The van der Waals surface area contributed by atoms with Gasteiger partial charge in [0, 0.05) is 16.6 Å². The molecule has 1 aromatic heterocycles.